The van der Waals surface area contributed by atoms with E-state index >= 15 is 0 Å². The summed E-state index contributed by atoms with van der Waals surface area (Å²) in [7, 11) is 4.36. The number of hydrogen-bond acceptors (Lipinski definition) is 2. The minimum absolute atomic E-state index is 0.0225. The molecule has 2 aliphatic heterocycles. The third-order valence-electron chi connectivity index (χ3n) is 6.85. The van der Waals surface area contributed by atoms with Crippen molar-refractivity contribution in [2.75, 3.05) is 23.9 Å². The number of rotatable bonds is 3. The van der Waals surface area contributed by atoms with Gasteiger partial charge in [-0.3, -0.25) is 0 Å². The zero-order chi connectivity index (χ0) is 20.8. The first-order valence-electron chi connectivity index (χ1n) is 10.5. The predicted octanol–water partition coefficient (Wildman–Crippen LogP) is 6.21. The molecule has 0 N–H and O–H groups in total. The first-order valence-corrected chi connectivity index (χ1v) is 10.5. The molecule has 2 aromatic carbocycles. The van der Waals surface area contributed by atoms with Crippen LogP contribution in [0, 0.1) is 0 Å². The Kier molecular flexibility index (Phi) is 4.69. The van der Waals surface area contributed by atoms with Crippen molar-refractivity contribution in [1.29, 1.82) is 0 Å². The maximum absolute atomic E-state index is 2.39. The smallest absolute Gasteiger partial charge is 0.0565 e. The fourth-order valence-corrected chi connectivity index (χ4v) is 5.17. The van der Waals surface area contributed by atoms with E-state index in [4.69, 9.17) is 0 Å². The topological polar surface area (TPSA) is 6.48 Å². The molecule has 29 heavy (non-hydrogen) atoms. The van der Waals surface area contributed by atoms with Gasteiger partial charge in [0.1, 0.15) is 0 Å². The van der Waals surface area contributed by atoms with E-state index in [1.165, 1.54) is 28.2 Å². The molecular formula is C27H32N2. The van der Waals surface area contributed by atoms with Crippen LogP contribution in [0.5, 0.6) is 0 Å². The van der Waals surface area contributed by atoms with Gasteiger partial charge in [-0.15, -0.1) is 0 Å². The van der Waals surface area contributed by atoms with Crippen molar-refractivity contribution in [3.8, 4) is 0 Å². The van der Waals surface area contributed by atoms with Gasteiger partial charge in [-0.1, -0.05) is 88.4 Å². The van der Waals surface area contributed by atoms with E-state index in [1.807, 2.05) is 0 Å². The molecule has 0 saturated heterocycles. The second-order valence-electron chi connectivity index (χ2n) is 9.32. The second kappa shape index (κ2) is 6.95. The van der Waals surface area contributed by atoms with Crippen LogP contribution in [0.4, 0.5) is 11.4 Å². The molecule has 1 atom stereocenters. The first-order chi connectivity index (χ1) is 13.8. The zero-order valence-electron chi connectivity index (χ0n) is 18.5. The first kappa shape index (κ1) is 19.6. The van der Waals surface area contributed by atoms with Gasteiger partial charge < -0.3 is 9.80 Å². The van der Waals surface area contributed by atoms with E-state index in [2.05, 4.69) is 131 Å². The Morgan fingerprint density at radius 2 is 1.38 bits per heavy atom. The number of allylic oxidation sites excluding steroid dienone is 5. The van der Waals surface area contributed by atoms with Gasteiger partial charge in [0.05, 0.1) is 6.04 Å². The normalized spacial score (nSPS) is 23.4. The molecule has 0 bridgehead atoms. The van der Waals surface area contributed by atoms with Crippen LogP contribution in [0.25, 0.3) is 0 Å². The van der Waals surface area contributed by atoms with Gasteiger partial charge in [0.15, 0.2) is 0 Å². The van der Waals surface area contributed by atoms with Crippen LogP contribution < -0.4 is 9.80 Å². The predicted molar refractivity (Wildman–Crippen MR) is 126 cm³/mol. The van der Waals surface area contributed by atoms with Crippen molar-refractivity contribution in [2.45, 2.75) is 44.6 Å². The highest BCUT2D eigenvalue weighted by molar-refractivity contribution is 5.70. The zero-order valence-corrected chi connectivity index (χ0v) is 18.5. The summed E-state index contributed by atoms with van der Waals surface area (Å²) in [5.74, 6) is 0. The van der Waals surface area contributed by atoms with Crippen molar-refractivity contribution in [2.24, 2.45) is 0 Å². The molecule has 0 radical (unpaired) electrons. The molecule has 2 heteroatoms. The van der Waals surface area contributed by atoms with Gasteiger partial charge in [0.25, 0.3) is 0 Å². The number of benzene rings is 2. The Bertz CT molecular complexity index is 1010. The number of hydrogen-bond donors (Lipinski definition) is 0. The largest absolute Gasteiger partial charge is 0.367 e. The highest BCUT2D eigenvalue weighted by Gasteiger charge is 2.41. The summed E-state index contributed by atoms with van der Waals surface area (Å²) in [6, 6.07) is 17.8. The summed E-state index contributed by atoms with van der Waals surface area (Å²) in [6.45, 7) is 9.28. The SMILES string of the molecule is CN1/C(=C/C=C/C=C/C2N(C)c3ccccc3C2(C)C)C(C)(C)c2ccccc21. The summed E-state index contributed by atoms with van der Waals surface area (Å²) in [4.78, 5) is 4.70. The van der Waals surface area contributed by atoms with Crippen LogP contribution in [0.3, 0.4) is 0 Å². The van der Waals surface area contributed by atoms with E-state index in [0.29, 0.717) is 6.04 Å². The standard InChI is InChI=1S/C27H32N2/c1-26(2)20-14-10-12-16-22(20)28(5)24(26)18-8-7-9-19-25-27(3,4)21-15-11-13-17-23(21)29(25)6/h7-19,24H,1-6H3/b9-7+,18-8+,25-19+. The lowest BCUT2D eigenvalue weighted by molar-refractivity contribution is 0.488. The highest BCUT2D eigenvalue weighted by atomic mass is 15.2. The number of para-hydroxylation sites is 2. The molecule has 2 aliphatic rings. The Morgan fingerprint density at radius 1 is 0.759 bits per heavy atom. The van der Waals surface area contributed by atoms with Gasteiger partial charge in [-0.25, -0.2) is 0 Å². The monoisotopic (exact) mass is 384 g/mol. The van der Waals surface area contributed by atoms with Crippen LogP contribution >= 0.6 is 0 Å². The van der Waals surface area contributed by atoms with Gasteiger partial charge in [-0.2, -0.15) is 0 Å². The Labute approximate surface area is 175 Å². The molecule has 0 aromatic heterocycles. The number of likely N-dealkylation sites (N-methyl/N-ethyl adjacent to an activating group) is 2. The fourth-order valence-electron chi connectivity index (χ4n) is 5.17. The maximum Gasteiger partial charge on any atom is 0.0565 e. The summed E-state index contributed by atoms with van der Waals surface area (Å²) in [5.41, 5.74) is 6.91. The molecule has 0 amide bonds. The number of anilines is 2. The molecule has 0 saturated carbocycles. The minimum atomic E-state index is 0.0225. The number of fused-ring (bicyclic) bond motifs is 2. The summed E-state index contributed by atoms with van der Waals surface area (Å²) in [6.07, 6.45) is 11.1. The molecule has 2 aromatic rings. The third-order valence-corrected chi connectivity index (χ3v) is 6.85. The average molecular weight is 385 g/mol. The molecule has 4 rings (SSSR count). The van der Waals surface area contributed by atoms with Crippen molar-refractivity contribution in [3.05, 3.63) is 95.7 Å². The van der Waals surface area contributed by atoms with Crippen molar-refractivity contribution in [3.63, 3.8) is 0 Å². The molecule has 2 nitrogen and oxygen atoms in total. The van der Waals surface area contributed by atoms with E-state index in [9.17, 15) is 0 Å². The number of nitrogens with zero attached hydrogens (tertiary/aromatic N) is 2. The summed E-state index contributed by atoms with van der Waals surface area (Å²) < 4.78 is 0. The van der Waals surface area contributed by atoms with Crippen molar-refractivity contribution in [1.82, 2.24) is 0 Å². The van der Waals surface area contributed by atoms with Gasteiger partial charge >= 0.3 is 0 Å². The minimum Gasteiger partial charge on any atom is -0.367 e. The van der Waals surface area contributed by atoms with Crippen LogP contribution in [0.2, 0.25) is 0 Å². The Balaban J connectivity index is 1.53. The van der Waals surface area contributed by atoms with Gasteiger partial charge in [0.2, 0.25) is 0 Å². The van der Waals surface area contributed by atoms with Gasteiger partial charge in [-0.05, 0) is 29.3 Å². The summed E-state index contributed by atoms with van der Waals surface area (Å²) >= 11 is 0. The molecule has 0 fully saturated rings. The highest BCUT2D eigenvalue weighted by Crippen LogP contribution is 2.47. The van der Waals surface area contributed by atoms with E-state index < -0.39 is 0 Å². The molecule has 2 heterocycles. The molecule has 1 unspecified atom stereocenters. The van der Waals surface area contributed by atoms with Gasteiger partial charge in [0, 0.05) is 42.0 Å². The second-order valence-corrected chi connectivity index (χ2v) is 9.32. The van der Waals surface area contributed by atoms with Crippen LogP contribution in [-0.2, 0) is 10.8 Å². The quantitative estimate of drug-likeness (QED) is 0.581. The van der Waals surface area contributed by atoms with E-state index in [-0.39, 0.29) is 10.8 Å². The van der Waals surface area contributed by atoms with E-state index in [1.54, 1.807) is 0 Å². The average Bonchev–Trinajstić information content (AvgIpc) is 3.02. The van der Waals surface area contributed by atoms with Crippen LogP contribution in [0.15, 0.2) is 84.6 Å². The van der Waals surface area contributed by atoms with E-state index in [0.717, 1.165) is 0 Å². The molecule has 0 spiro atoms. The molecule has 0 aliphatic carbocycles. The Morgan fingerprint density at radius 3 is 2.03 bits per heavy atom. The lowest BCUT2D eigenvalue weighted by Gasteiger charge is -2.29. The Hall–Kier alpha value is -2.74. The molecule has 150 valence electrons. The summed E-state index contributed by atoms with van der Waals surface area (Å²) in [5, 5.41) is 0. The fraction of sp³-hybridized carbons (Fsp3) is 0.333. The third kappa shape index (κ3) is 3.02. The maximum atomic E-state index is 2.39. The lowest BCUT2D eigenvalue weighted by Crippen LogP contribution is -2.37. The van der Waals surface area contributed by atoms with Crippen LogP contribution in [-0.4, -0.2) is 20.1 Å². The lowest BCUT2D eigenvalue weighted by atomic mass is 9.80. The molecular weight excluding hydrogens is 352 g/mol. The van der Waals surface area contributed by atoms with Crippen molar-refractivity contribution >= 4 is 11.4 Å². The van der Waals surface area contributed by atoms with Crippen LogP contribution in [0.1, 0.15) is 38.8 Å². The van der Waals surface area contributed by atoms with Crippen molar-refractivity contribution < 1.29 is 0 Å².